The van der Waals surface area contributed by atoms with Crippen molar-refractivity contribution in [2.75, 3.05) is 0 Å². The van der Waals surface area contributed by atoms with Gasteiger partial charge in [-0.15, -0.1) is 0 Å². The van der Waals surface area contributed by atoms with Crippen molar-refractivity contribution in [2.45, 2.75) is 0 Å². The van der Waals surface area contributed by atoms with E-state index in [0.29, 0.717) is 17.5 Å². The summed E-state index contributed by atoms with van der Waals surface area (Å²) in [7, 11) is 0. The molecule has 0 unspecified atom stereocenters. The third-order valence-electron chi connectivity index (χ3n) is 9.29. The van der Waals surface area contributed by atoms with E-state index in [-0.39, 0.29) is 0 Å². The monoisotopic (exact) mass is 599 g/mol. The highest BCUT2D eigenvalue weighted by Gasteiger charge is 2.20. The first kappa shape index (κ1) is 25.9. The lowest BCUT2D eigenvalue weighted by Crippen LogP contribution is -2.01. The van der Waals surface area contributed by atoms with E-state index in [4.69, 9.17) is 19.4 Å². The molecule has 0 radical (unpaired) electrons. The van der Waals surface area contributed by atoms with Gasteiger partial charge in [0.25, 0.3) is 0 Å². The highest BCUT2D eigenvalue weighted by Crippen LogP contribution is 2.42. The van der Waals surface area contributed by atoms with Crippen LogP contribution in [-0.2, 0) is 0 Å². The van der Waals surface area contributed by atoms with Crippen molar-refractivity contribution in [3.05, 3.63) is 152 Å². The first-order valence-corrected chi connectivity index (χ1v) is 15.8. The van der Waals surface area contributed by atoms with E-state index in [0.717, 1.165) is 60.2 Å². The zero-order valence-corrected chi connectivity index (χ0v) is 25.2. The largest absolute Gasteiger partial charge is 0.455 e. The van der Waals surface area contributed by atoms with Crippen LogP contribution in [0.1, 0.15) is 0 Å². The molecule has 0 bridgehead atoms. The average molecular weight is 600 g/mol. The number of hydrogen-bond acceptors (Lipinski definition) is 4. The molecule has 0 N–H and O–H groups in total. The van der Waals surface area contributed by atoms with Crippen molar-refractivity contribution in [1.82, 2.24) is 15.0 Å². The molecular weight excluding hydrogens is 574 g/mol. The second kappa shape index (κ2) is 10.1. The lowest BCUT2D eigenvalue weighted by Gasteiger charge is -2.12. The number of hydrogen-bond donors (Lipinski definition) is 0. The smallest absolute Gasteiger partial charge is 0.164 e. The third kappa shape index (κ3) is 3.98. The summed E-state index contributed by atoms with van der Waals surface area (Å²) in [4.78, 5) is 15.5. The number of rotatable bonds is 3. The van der Waals surface area contributed by atoms with E-state index in [9.17, 15) is 0 Å². The fraction of sp³-hybridized carbons (Fsp3) is 0. The van der Waals surface area contributed by atoms with Crippen LogP contribution in [0.4, 0.5) is 0 Å². The van der Waals surface area contributed by atoms with E-state index < -0.39 is 0 Å². The predicted octanol–water partition coefficient (Wildman–Crippen LogP) is 11.4. The van der Waals surface area contributed by atoms with Gasteiger partial charge in [-0.3, -0.25) is 0 Å². The Bertz CT molecular complexity index is 2850. The summed E-state index contributed by atoms with van der Waals surface area (Å²) in [6.07, 6.45) is 0. The Hall–Kier alpha value is -6.39. The summed E-state index contributed by atoms with van der Waals surface area (Å²) in [5.74, 6) is 1.87. The Balaban J connectivity index is 1.29. The van der Waals surface area contributed by atoms with Gasteiger partial charge in [0.15, 0.2) is 17.5 Å². The van der Waals surface area contributed by atoms with E-state index in [2.05, 4.69) is 109 Å². The normalized spacial score (nSPS) is 11.8. The number of nitrogens with zero attached hydrogens (tertiary/aromatic N) is 3. The molecule has 4 heteroatoms. The summed E-state index contributed by atoms with van der Waals surface area (Å²) in [6.45, 7) is 0. The average Bonchev–Trinajstić information content (AvgIpc) is 3.54. The van der Waals surface area contributed by atoms with Gasteiger partial charge in [0.05, 0.1) is 0 Å². The fourth-order valence-corrected chi connectivity index (χ4v) is 7.13. The van der Waals surface area contributed by atoms with Crippen LogP contribution in [0.2, 0.25) is 0 Å². The number of benzene rings is 8. The molecule has 0 spiro atoms. The lowest BCUT2D eigenvalue weighted by molar-refractivity contribution is 0.673. The first-order chi connectivity index (χ1) is 23.3. The van der Waals surface area contributed by atoms with Crippen molar-refractivity contribution in [1.29, 1.82) is 0 Å². The zero-order chi connectivity index (χ0) is 30.9. The van der Waals surface area contributed by atoms with Crippen molar-refractivity contribution in [3.63, 3.8) is 0 Å². The molecule has 0 saturated carbocycles. The minimum Gasteiger partial charge on any atom is -0.455 e. The topological polar surface area (TPSA) is 51.8 Å². The number of fused-ring (bicyclic) bond motifs is 10. The van der Waals surface area contributed by atoms with Gasteiger partial charge in [0, 0.05) is 32.8 Å². The standard InChI is InChI=1S/C43H25N3O/c1-2-12-28(13-3-1)41-44-42(46-43(45-41)36-25-29-14-5-6-15-30(29)32-17-8-9-18-33(32)36)35-19-10-20-37-39(35)34-24-23-27-22-21-26-11-4-7-16-31(26)38(27)40(34)47-37/h1-25H. The second-order valence-corrected chi connectivity index (χ2v) is 12.0. The molecule has 0 atom stereocenters. The summed E-state index contributed by atoms with van der Waals surface area (Å²) in [5, 5.41) is 11.3. The fourth-order valence-electron chi connectivity index (χ4n) is 7.13. The van der Waals surface area contributed by atoms with Gasteiger partial charge >= 0.3 is 0 Å². The van der Waals surface area contributed by atoms with Gasteiger partial charge in [-0.05, 0) is 55.9 Å². The highest BCUT2D eigenvalue weighted by atomic mass is 16.3. The molecule has 4 nitrogen and oxygen atoms in total. The quantitative estimate of drug-likeness (QED) is 0.190. The number of furan rings is 1. The Labute approximate surface area is 269 Å². The Kier molecular flexibility index (Phi) is 5.54. The lowest BCUT2D eigenvalue weighted by atomic mass is 9.96. The number of aromatic nitrogens is 3. The SMILES string of the molecule is c1ccc(-c2nc(-c3cc4ccccc4c4ccccc34)nc(-c3cccc4oc5c(ccc6ccc7ccccc7c65)c34)n2)cc1. The molecule has 0 amide bonds. The molecule has 0 aliphatic heterocycles. The van der Waals surface area contributed by atoms with Crippen LogP contribution in [0.25, 0.3) is 99.2 Å². The van der Waals surface area contributed by atoms with E-state index in [1.165, 1.54) is 21.5 Å². The van der Waals surface area contributed by atoms with E-state index in [1.807, 2.05) is 42.5 Å². The molecule has 10 aromatic rings. The van der Waals surface area contributed by atoms with Gasteiger partial charge in [0.1, 0.15) is 11.2 Å². The maximum absolute atomic E-state index is 6.70. The van der Waals surface area contributed by atoms with Crippen molar-refractivity contribution < 1.29 is 4.42 Å². The molecule has 2 heterocycles. The molecule has 218 valence electrons. The molecule has 2 aromatic heterocycles. The maximum atomic E-state index is 6.70. The van der Waals surface area contributed by atoms with Gasteiger partial charge in [-0.25, -0.2) is 15.0 Å². The van der Waals surface area contributed by atoms with Gasteiger partial charge in [-0.2, -0.15) is 0 Å². The van der Waals surface area contributed by atoms with E-state index in [1.54, 1.807) is 0 Å². The molecule has 10 rings (SSSR count). The summed E-state index contributed by atoms with van der Waals surface area (Å²) < 4.78 is 6.70. The Morgan fingerprint density at radius 2 is 1.00 bits per heavy atom. The van der Waals surface area contributed by atoms with Gasteiger partial charge in [0.2, 0.25) is 0 Å². The second-order valence-electron chi connectivity index (χ2n) is 12.0. The zero-order valence-electron chi connectivity index (χ0n) is 25.2. The third-order valence-corrected chi connectivity index (χ3v) is 9.29. The van der Waals surface area contributed by atoms with Crippen LogP contribution in [0, 0.1) is 0 Å². The Morgan fingerprint density at radius 3 is 1.85 bits per heavy atom. The van der Waals surface area contributed by atoms with Crippen LogP contribution < -0.4 is 0 Å². The van der Waals surface area contributed by atoms with Crippen molar-refractivity contribution in [3.8, 4) is 34.2 Å². The molecule has 47 heavy (non-hydrogen) atoms. The summed E-state index contributed by atoms with van der Waals surface area (Å²) in [5.41, 5.74) is 4.50. The molecular formula is C43H25N3O. The van der Waals surface area contributed by atoms with Crippen molar-refractivity contribution in [2.24, 2.45) is 0 Å². The first-order valence-electron chi connectivity index (χ1n) is 15.8. The minimum atomic E-state index is 0.609. The van der Waals surface area contributed by atoms with Crippen LogP contribution in [0.3, 0.4) is 0 Å². The van der Waals surface area contributed by atoms with Crippen molar-refractivity contribution >= 4 is 65.0 Å². The molecule has 0 fully saturated rings. The Morgan fingerprint density at radius 1 is 0.362 bits per heavy atom. The maximum Gasteiger partial charge on any atom is 0.164 e. The van der Waals surface area contributed by atoms with Crippen LogP contribution in [0.15, 0.2) is 156 Å². The highest BCUT2D eigenvalue weighted by molar-refractivity contribution is 6.24. The molecule has 8 aromatic carbocycles. The summed E-state index contributed by atoms with van der Waals surface area (Å²) >= 11 is 0. The van der Waals surface area contributed by atoms with Gasteiger partial charge in [-0.1, -0.05) is 133 Å². The minimum absolute atomic E-state index is 0.609. The predicted molar refractivity (Wildman–Crippen MR) is 193 cm³/mol. The van der Waals surface area contributed by atoms with Crippen LogP contribution in [0.5, 0.6) is 0 Å². The summed E-state index contributed by atoms with van der Waals surface area (Å²) in [6, 6.07) is 52.7. The van der Waals surface area contributed by atoms with Gasteiger partial charge < -0.3 is 4.42 Å². The molecule has 0 aliphatic rings. The van der Waals surface area contributed by atoms with Crippen LogP contribution >= 0.6 is 0 Å². The van der Waals surface area contributed by atoms with Crippen LogP contribution in [-0.4, -0.2) is 15.0 Å². The van der Waals surface area contributed by atoms with E-state index >= 15 is 0 Å². The molecule has 0 aliphatic carbocycles. The molecule has 0 saturated heterocycles.